The zero-order valence-electron chi connectivity index (χ0n) is 12.9. The Balaban J connectivity index is 1.86. The number of benzene rings is 1. The summed E-state index contributed by atoms with van der Waals surface area (Å²) in [6.45, 7) is 4.89. The maximum atomic E-state index is 13.2. The van der Waals surface area contributed by atoms with E-state index in [4.69, 9.17) is 4.74 Å². The summed E-state index contributed by atoms with van der Waals surface area (Å²) in [5, 5.41) is 2.93. The third-order valence-corrected chi connectivity index (χ3v) is 3.78. The highest BCUT2D eigenvalue weighted by atomic mass is 19.1. The van der Waals surface area contributed by atoms with Crippen LogP contribution in [0.25, 0.3) is 0 Å². The number of hydrogen-bond acceptors (Lipinski definition) is 3. The number of carbonyl (C=O) groups is 2. The van der Waals surface area contributed by atoms with E-state index in [0.717, 1.165) is 0 Å². The molecular formula is C16H21FN2O3. The van der Waals surface area contributed by atoms with Gasteiger partial charge >= 0.3 is 6.09 Å². The number of piperidine rings is 1. The second kappa shape index (κ2) is 7.24. The van der Waals surface area contributed by atoms with Gasteiger partial charge in [0.05, 0.1) is 6.61 Å². The van der Waals surface area contributed by atoms with Crippen molar-refractivity contribution in [1.82, 2.24) is 10.2 Å². The Kier molecular flexibility index (Phi) is 5.35. The number of rotatable bonds is 3. The van der Waals surface area contributed by atoms with Gasteiger partial charge in [0.2, 0.25) is 0 Å². The summed E-state index contributed by atoms with van der Waals surface area (Å²) in [6.07, 6.45) is 1.07. The molecule has 0 radical (unpaired) electrons. The summed E-state index contributed by atoms with van der Waals surface area (Å²) in [4.78, 5) is 25.4. The first-order valence-electron chi connectivity index (χ1n) is 7.50. The number of carbonyl (C=O) groups excluding carboxylic acids is 2. The molecule has 1 fully saturated rings. The lowest BCUT2D eigenvalue weighted by Crippen LogP contribution is -2.46. The standard InChI is InChI=1S/C16H21FN2O3/c1-3-22-16(21)19-8-6-13(7-9-19)18-15(20)12-4-5-14(17)11(2)10-12/h4-5,10,13H,3,6-9H2,1-2H3,(H,18,20). The average Bonchev–Trinajstić information content (AvgIpc) is 2.51. The van der Waals surface area contributed by atoms with E-state index in [-0.39, 0.29) is 23.9 Å². The van der Waals surface area contributed by atoms with Gasteiger partial charge in [-0.3, -0.25) is 4.79 Å². The van der Waals surface area contributed by atoms with Gasteiger partial charge in [-0.15, -0.1) is 0 Å². The molecule has 0 aromatic heterocycles. The van der Waals surface area contributed by atoms with E-state index in [1.807, 2.05) is 0 Å². The molecule has 1 saturated heterocycles. The van der Waals surface area contributed by atoms with E-state index < -0.39 is 0 Å². The van der Waals surface area contributed by atoms with Crippen molar-refractivity contribution in [2.75, 3.05) is 19.7 Å². The summed E-state index contributed by atoms with van der Waals surface area (Å²) < 4.78 is 18.2. The Labute approximate surface area is 129 Å². The highest BCUT2D eigenvalue weighted by Crippen LogP contribution is 2.14. The number of hydrogen-bond donors (Lipinski definition) is 1. The largest absolute Gasteiger partial charge is 0.450 e. The summed E-state index contributed by atoms with van der Waals surface area (Å²) in [5.41, 5.74) is 0.900. The molecule has 0 atom stereocenters. The van der Waals surface area contributed by atoms with Gasteiger partial charge in [-0.1, -0.05) is 0 Å². The molecule has 2 amide bonds. The molecule has 1 aromatic carbocycles. The molecule has 1 heterocycles. The molecule has 2 rings (SSSR count). The highest BCUT2D eigenvalue weighted by molar-refractivity contribution is 5.94. The van der Waals surface area contributed by atoms with Crippen molar-refractivity contribution in [2.45, 2.75) is 32.7 Å². The molecule has 5 nitrogen and oxygen atoms in total. The normalized spacial score (nSPS) is 15.5. The van der Waals surface area contributed by atoms with Crippen molar-refractivity contribution in [1.29, 1.82) is 0 Å². The summed E-state index contributed by atoms with van der Waals surface area (Å²) in [7, 11) is 0. The predicted octanol–water partition coefficient (Wildman–Crippen LogP) is 2.48. The smallest absolute Gasteiger partial charge is 0.409 e. The van der Waals surface area contributed by atoms with Gasteiger partial charge in [0.15, 0.2) is 0 Å². The van der Waals surface area contributed by atoms with Crippen LogP contribution >= 0.6 is 0 Å². The molecule has 0 aliphatic carbocycles. The number of halogens is 1. The van der Waals surface area contributed by atoms with Crippen LogP contribution in [0.2, 0.25) is 0 Å². The zero-order chi connectivity index (χ0) is 16.1. The van der Waals surface area contributed by atoms with E-state index >= 15 is 0 Å². The molecule has 22 heavy (non-hydrogen) atoms. The fourth-order valence-corrected chi connectivity index (χ4v) is 2.48. The van der Waals surface area contributed by atoms with Crippen molar-refractivity contribution < 1.29 is 18.7 Å². The third-order valence-electron chi connectivity index (χ3n) is 3.78. The minimum absolute atomic E-state index is 0.0172. The van der Waals surface area contributed by atoms with Crippen LogP contribution in [0.4, 0.5) is 9.18 Å². The van der Waals surface area contributed by atoms with Crippen LogP contribution in [0, 0.1) is 12.7 Å². The Morgan fingerprint density at radius 1 is 1.36 bits per heavy atom. The number of likely N-dealkylation sites (tertiary alicyclic amines) is 1. The quantitative estimate of drug-likeness (QED) is 0.933. The minimum atomic E-state index is -0.320. The van der Waals surface area contributed by atoms with Crippen LogP contribution in [0.3, 0.4) is 0 Å². The van der Waals surface area contributed by atoms with Gasteiger partial charge < -0.3 is 15.0 Å². The van der Waals surface area contributed by atoms with Crippen LogP contribution in [-0.4, -0.2) is 42.6 Å². The molecule has 120 valence electrons. The van der Waals surface area contributed by atoms with Crippen molar-refractivity contribution in [3.8, 4) is 0 Å². The molecule has 1 aromatic rings. The predicted molar refractivity (Wildman–Crippen MR) is 80.2 cm³/mol. The van der Waals surface area contributed by atoms with Gasteiger partial charge in [-0.05, 0) is 50.5 Å². The first-order chi connectivity index (χ1) is 10.5. The SMILES string of the molecule is CCOC(=O)N1CCC(NC(=O)c2ccc(F)c(C)c2)CC1. The summed E-state index contributed by atoms with van der Waals surface area (Å²) in [6, 6.07) is 4.33. The van der Waals surface area contributed by atoms with E-state index in [1.165, 1.54) is 12.1 Å². The van der Waals surface area contributed by atoms with E-state index in [9.17, 15) is 14.0 Å². The number of aryl methyl sites for hydroxylation is 1. The van der Waals surface area contributed by atoms with Gasteiger partial charge in [0, 0.05) is 24.7 Å². The lowest BCUT2D eigenvalue weighted by Gasteiger charge is -2.31. The molecule has 0 bridgehead atoms. The van der Waals surface area contributed by atoms with Crippen LogP contribution in [-0.2, 0) is 4.74 Å². The van der Waals surface area contributed by atoms with E-state index in [1.54, 1.807) is 24.8 Å². The van der Waals surface area contributed by atoms with Crippen molar-refractivity contribution in [2.24, 2.45) is 0 Å². The number of amides is 2. The van der Waals surface area contributed by atoms with Crippen LogP contribution in [0.15, 0.2) is 18.2 Å². The molecule has 0 unspecified atom stereocenters. The summed E-state index contributed by atoms with van der Waals surface area (Å²) >= 11 is 0. The number of ether oxygens (including phenoxy) is 1. The van der Waals surface area contributed by atoms with Crippen LogP contribution in [0.1, 0.15) is 35.7 Å². The van der Waals surface area contributed by atoms with Gasteiger partial charge in [-0.25, -0.2) is 9.18 Å². The lowest BCUT2D eigenvalue weighted by molar-refractivity contribution is 0.0860. The average molecular weight is 308 g/mol. The Bertz CT molecular complexity index is 554. The summed E-state index contributed by atoms with van der Waals surface area (Å²) in [5.74, 6) is -0.531. The maximum Gasteiger partial charge on any atom is 0.409 e. The van der Waals surface area contributed by atoms with Crippen LogP contribution < -0.4 is 5.32 Å². The fourth-order valence-electron chi connectivity index (χ4n) is 2.48. The van der Waals surface area contributed by atoms with Gasteiger partial charge in [0.1, 0.15) is 5.82 Å². The Morgan fingerprint density at radius 3 is 2.64 bits per heavy atom. The third kappa shape index (κ3) is 3.96. The number of nitrogens with one attached hydrogen (secondary N) is 1. The second-order valence-corrected chi connectivity index (χ2v) is 5.40. The zero-order valence-corrected chi connectivity index (χ0v) is 12.9. The van der Waals surface area contributed by atoms with E-state index in [0.29, 0.717) is 43.7 Å². The number of nitrogens with zero attached hydrogens (tertiary/aromatic N) is 1. The molecule has 0 saturated carbocycles. The molecule has 1 aliphatic rings. The monoisotopic (exact) mass is 308 g/mol. The maximum absolute atomic E-state index is 13.2. The van der Waals surface area contributed by atoms with Gasteiger partial charge in [0.25, 0.3) is 5.91 Å². The molecule has 0 spiro atoms. The highest BCUT2D eigenvalue weighted by Gasteiger charge is 2.24. The van der Waals surface area contributed by atoms with E-state index in [2.05, 4.69) is 5.32 Å². The van der Waals surface area contributed by atoms with Crippen LogP contribution in [0.5, 0.6) is 0 Å². The molecule has 1 N–H and O–H groups in total. The topological polar surface area (TPSA) is 58.6 Å². The first kappa shape index (κ1) is 16.3. The molecule has 1 aliphatic heterocycles. The van der Waals surface area contributed by atoms with Crippen molar-refractivity contribution in [3.05, 3.63) is 35.1 Å². The Morgan fingerprint density at radius 2 is 2.05 bits per heavy atom. The first-order valence-corrected chi connectivity index (χ1v) is 7.50. The second-order valence-electron chi connectivity index (χ2n) is 5.40. The minimum Gasteiger partial charge on any atom is -0.450 e. The lowest BCUT2D eigenvalue weighted by atomic mass is 10.0. The fraction of sp³-hybridized carbons (Fsp3) is 0.500. The molecule has 6 heteroatoms. The Hall–Kier alpha value is -2.11. The van der Waals surface area contributed by atoms with Crippen molar-refractivity contribution >= 4 is 12.0 Å². The molecular weight excluding hydrogens is 287 g/mol. The van der Waals surface area contributed by atoms with Crippen molar-refractivity contribution in [3.63, 3.8) is 0 Å². The van der Waals surface area contributed by atoms with Gasteiger partial charge in [-0.2, -0.15) is 0 Å².